The fourth-order valence-corrected chi connectivity index (χ4v) is 3.04. The Morgan fingerprint density at radius 2 is 1.96 bits per heavy atom. The molecule has 1 fully saturated rings. The molecule has 0 atom stereocenters. The largest absolute Gasteiger partial charge is 0.496 e. The number of methoxy groups -OCH3 is 1. The van der Waals surface area contributed by atoms with Crippen LogP contribution in [0.3, 0.4) is 0 Å². The first kappa shape index (κ1) is 15.5. The van der Waals surface area contributed by atoms with Gasteiger partial charge in [0.25, 0.3) is 0 Å². The average Bonchev–Trinajstić information content (AvgIpc) is 2.61. The van der Waals surface area contributed by atoms with Crippen LogP contribution in [0, 0.1) is 0 Å². The molecule has 122 valence electrons. The van der Waals surface area contributed by atoms with Crippen molar-refractivity contribution in [1.82, 2.24) is 10.2 Å². The highest BCUT2D eigenvalue weighted by Crippen LogP contribution is 2.29. The number of benzene rings is 2. The van der Waals surface area contributed by atoms with Crippen LogP contribution in [-0.2, 0) is 0 Å². The van der Waals surface area contributed by atoms with Gasteiger partial charge in [-0.15, -0.1) is 0 Å². The number of piperazine rings is 1. The van der Waals surface area contributed by atoms with Crippen molar-refractivity contribution in [3.63, 3.8) is 0 Å². The smallest absolute Gasteiger partial charge is 0.317 e. The Labute approximate surface area is 136 Å². The molecular weight excluding hydrogens is 290 g/mol. The predicted molar refractivity (Wildman–Crippen MR) is 93.4 cm³/mol. The molecule has 0 unspecified atom stereocenters. The molecule has 1 aliphatic heterocycles. The number of carbonyl (C=O) groups is 1. The summed E-state index contributed by atoms with van der Waals surface area (Å²) in [5, 5.41) is 5.16. The van der Waals surface area contributed by atoms with E-state index < -0.39 is 0 Å². The van der Waals surface area contributed by atoms with Gasteiger partial charge in [-0.2, -0.15) is 0 Å². The van der Waals surface area contributed by atoms with Gasteiger partial charge in [-0.05, 0) is 30.5 Å². The highest BCUT2D eigenvalue weighted by Gasteiger charge is 2.21. The maximum atomic E-state index is 11.9. The zero-order valence-corrected chi connectivity index (χ0v) is 13.7. The summed E-state index contributed by atoms with van der Waals surface area (Å²) in [4.78, 5) is 16.1. The summed E-state index contributed by atoms with van der Waals surface area (Å²) in [6, 6.07) is 12.6. The number of amides is 2. The number of nitrogens with zero attached hydrogens (tertiary/aromatic N) is 2. The monoisotopic (exact) mass is 313 g/mol. The highest BCUT2D eigenvalue weighted by molar-refractivity contribution is 5.91. The van der Waals surface area contributed by atoms with Gasteiger partial charge in [-0.3, -0.25) is 0 Å². The maximum Gasteiger partial charge on any atom is 0.317 e. The molecule has 0 aliphatic carbocycles. The van der Waals surface area contributed by atoms with E-state index in [2.05, 4.69) is 34.5 Å². The van der Waals surface area contributed by atoms with E-state index in [4.69, 9.17) is 4.74 Å². The van der Waals surface area contributed by atoms with Crippen molar-refractivity contribution in [3.05, 3.63) is 36.4 Å². The SMILES string of the molecule is CCNC(=O)N1CCN(c2ccc3cccc(OC)c3c2)CC1. The van der Waals surface area contributed by atoms with Crippen molar-refractivity contribution in [1.29, 1.82) is 0 Å². The molecule has 3 rings (SSSR count). The molecule has 5 heteroatoms. The zero-order valence-electron chi connectivity index (χ0n) is 13.7. The maximum absolute atomic E-state index is 11.9. The quantitative estimate of drug-likeness (QED) is 0.947. The number of rotatable bonds is 3. The number of nitrogens with one attached hydrogen (secondary N) is 1. The second kappa shape index (κ2) is 6.77. The van der Waals surface area contributed by atoms with Gasteiger partial charge in [0.05, 0.1) is 7.11 Å². The van der Waals surface area contributed by atoms with E-state index in [0.717, 1.165) is 37.3 Å². The summed E-state index contributed by atoms with van der Waals surface area (Å²) in [7, 11) is 1.70. The minimum atomic E-state index is 0.0346. The van der Waals surface area contributed by atoms with Crippen LogP contribution in [0.1, 0.15) is 6.92 Å². The van der Waals surface area contributed by atoms with E-state index in [1.54, 1.807) is 7.11 Å². The Morgan fingerprint density at radius 1 is 1.17 bits per heavy atom. The molecule has 1 aliphatic rings. The fraction of sp³-hybridized carbons (Fsp3) is 0.389. The van der Waals surface area contributed by atoms with E-state index in [-0.39, 0.29) is 6.03 Å². The molecular formula is C18H23N3O2. The minimum Gasteiger partial charge on any atom is -0.496 e. The van der Waals surface area contributed by atoms with E-state index in [0.29, 0.717) is 6.54 Å². The van der Waals surface area contributed by atoms with Crippen LogP contribution in [0.25, 0.3) is 10.8 Å². The van der Waals surface area contributed by atoms with E-state index in [1.807, 2.05) is 24.0 Å². The molecule has 0 saturated carbocycles. The third-order valence-corrected chi connectivity index (χ3v) is 4.31. The van der Waals surface area contributed by atoms with Gasteiger partial charge in [0.15, 0.2) is 0 Å². The first-order chi connectivity index (χ1) is 11.2. The highest BCUT2D eigenvalue weighted by atomic mass is 16.5. The topological polar surface area (TPSA) is 44.8 Å². The van der Waals surface area contributed by atoms with Gasteiger partial charge in [0, 0.05) is 43.8 Å². The summed E-state index contributed by atoms with van der Waals surface area (Å²) >= 11 is 0. The fourth-order valence-electron chi connectivity index (χ4n) is 3.04. The van der Waals surface area contributed by atoms with Crippen LogP contribution in [0.15, 0.2) is 36.4 Å². The lowest BCUT2D eigenvalue weighted by molar-refractivity contribution is 0.195. The first-order valence-corrected chi connectivity index (χ1v) is 8.07. The van der Waals surface area contributed by atoms with Crippen molar-refractivity contribution < 1.29 is 9.53 Å². The van der Waals surface area contributed by atoms with Crippen molar-refractivity contribution in [3.8, 4) is 5.75 Å². The molecule has 2 aromatic rings. The van der Waals surface area contributed by atoms with Gasteiger partial charge in [0.2, 0.25) is 0 Å². The van der Waals surface area contributed by atoms with Crippen molar-refractivity contribution in [2.45, 2.75) is 6.92 Å². The third kappa shape index (κ3) is 3.18. The molecule has 0 bridgehead atoms. The van der Waals surface area contributed by atoms with Gasteiger partial charge in [-0.1, -0.05) is 18.2 Å². The van der Waals surface area contributed by atoms with Crippen molar-refractivity contribution in [2.24, 2.45) is 0 Å². The average molecular weight is 313 g/mol. The van der Waals surface area contributed by atoms with E-state index in [1.165, 1.54) is 11.1 Å². The molecule has 1 N–H and O–H groups in total. The molecule has 1 saturated heterocycles. The van der Waals surface area contributed by atoms with Gasteiger partial charge >= 0.3 is 6.03 Å². The minimum absolute atomic E-state index is 0.0346. The summed E-state index contributed by atoms with van der Waals surface area (Å²) in [6.07, 6.45) is 0. The number of carbonyl (C=O) groups excluding carboxylic acids is 1. The normalized spacial score (nSPS) is 14.9. The van der Waals surface area contributed by atoms with Crippen molar-refractivity contribution in [2.75, 3.05) is 44.7 Å². The van der Waals surface area contributed by atoms with Gasteiger partial charge < -0.3 is 19.9 Å². The van der Waals surface area contributed by atoms with Crippen LogP contribution in [0.5, 0.6) is 5.75 Å². The number of urea groups is 1. The molecule has 1 heterocycles. The number of fused-ring (bicyclic) bond motifs is 1. The standard InChI is InChI=1S/C18H23N3O2/c1-3-19-18(22)21-11-9-20(10-12-21)15-8-7-14-5-4-6-17(23-2)16(14)13-15/h4-8,13H,3,9-12H2,1-2H3,(H,19,22). The molecule has 2 amide bonds. The number of ether oxygens (including phenoxy) is 1. The second-order valence-electron chi connectivity index (χ2n) is 5.68. The molecule has 0 spiro atoms. The van der Waals surface area contributed by atoms with Crippen molar-refractivity contribution >= 4 is 22.5 Å². The summed E-state index contributed by atoms with van der Waals surface area (Å²) in [5.41, 5.74) is 1.18. The Morgan fingerprint density at radius 3 is 2.65 bits per heavy atom. The summed E-state index contributed by atoms with van der Waals surface area (Å²) in [5.74, 6) is 0.894. The van der Waals surface area contributed by atoms with Crippen LogP contribution < -0.4 is 15.0 Å². The number of hydrogen-bond acceptors (Lipinski definition) is 3. The molecule has 2 aromatic carbocycles. The predicted octanol–water partition coefficient (Wildman–Crippen LogP) is 2.70. The van der Waals surface area contributed by atoms with E-state index in [9.17, 15) is 4.79 Å². The van der Waals surface area contributed by atoms with Gasteiger partial charge in [-0.25, -0.2) is 4.79 Å². The summed E-state index contributed by atoms with van der Waals surface area (Å²) in [6.45, 7) is 5.79. The Kier molecular flexibility index (Phi) is 4.55. The first-order valence-electron chi connectivity index (χ1n) is 8.07. The van der Waals surface area contributed by atoms with Gasteiger partial charge in [0.1, 0.15) is 5.75 Å². The Bertz CT molecular complexity index is 694. The molecule has 0 radical (unpaired) electrons. The third-order valence-electron chi connectivity index (χ3n) is 4.31. The lowest BCUT2D eigenvalue weighted by atomic mass is 10.1. The molecule has 0 aromatic heterocycles. The van der Waals surface area contributed by atoms with Crippen LogP contribution in [-0.4, -0.2) is 50.8 Å². The Balaban J connectivity index is 1.76. The zero-order chi connectivity index (χ0) is 16.2. The lowest BCUT2D eigenvalue weighted by Crippen LogP contribution is -2.51. The number of hydrogen-bond donors (Lipinski definition) is 1. The molecule has 5 nitrogen and oxygen atoms in total. The van der Waals surface area contributed by atoms with Crippen LogP contribution >= 0.6 is 0 Å². The van der Waals surface area contributed by atoms with Crippen LogP contribution in [0.4, 0.5) is 10.5 Å². The lowest BCUT2D eigenvalue weighted by Gasteiger charge is -2.36. The van der Waals surface area contributed by atoms with E-state index >= 15 is 0 Å². The summed E-state index contributed by atoms with van der Waals surface area (Å²) < 4.78 is 5.47. The number of anilines is 1. The molecule has 23 heavy (non-hydrogen) atoms. The van der Waals surface area contributed by atoms with Crippen LogP contribution in [0.2, 0.25) is 0 Å². The Hall–Kier alpha value is -2.43. The second-order valence-corrected chi connectivity index (χ2v) is 5.68.